The molecule has 5 unspecified atom stereocenters. The van der Waals surface area contributed by atoms with Crippen LogP contribution in [0.5, 0.6) is 0 Å². The Morgan fingerprint density at radius 3 is 2.08 bits per heavy atom. The summed E-state index contributed by atoms with van der Waals surface area (Å²) in [7, 11) is 0. The van der Waals surface area contributed by atoms with E-state index in [-0.39, 0.29) is 0 Å². The molecule has 0 aliphatic rings. The summed E-state index contributed by atoms with van der Waals surface area (Å²) in [6.07, 6.45) is -1.52. The third kappa shape index (κ3) is 2.71. The Morgan fingerprint density at radius 2 is 1.83 bits per heavy atom. The normalized spacial score (nSPS) is 24.2. The Hall–Kier alpha value is 0.398. The van der Waals surface area contributed by atoms with E-state index >= 15 is 0 Å². The minimum atomic E-state index is -1.13. The zero-order valence-corrected chi connectivity index (χ0v) is 9.86. The van der Waals surface area contributed by atoms with Crippen LogP contribution in [0.3, 0.4) is 0 Å². The molecular formula is C7H18AsNO3. The summed E-state index contributed by atoms with van der Waals surface area (Å²) >= 11 is 1.04. The van der Waals surface area contributed by atoms with E-state index in [4.69, 9.17) is 5.73 Å². The second kappa shape index (κ2) is 4.58. The summed E-state index contributed by atoms with van der Waals surface area (Å²) in [4.78, 5) is -0.791. The van der Waals surface area contributed by atoms with E-state index < -0.39 is 22.6 Å². The second-order valence-electron chi connectivity index (χ2n) is 3.23. The molecule has 0 radical (unpaired) electrons. The number of rotatable bonds is 4. The van der Waals surface area contributed by atoms with Gasteiger partial charge in [0.2, 0.25) is 0 Å². The van der Waals surface area contributed by atoms with Gasteiger partial charge in [-0.05, 0) is 0 Å². The van der Waals surface area contributed by atoms with Gasteiger partial charge in [-0.1, -0.05) is 0 Å². The first-order chi connectivity index (χ1) is 5.34. The molecule has 0 rings (SSSR count). The molecule has 5 atom stereocenters. The summed E-state index contributed by atoms with van der Waals surface area (Å²) in [5.74, 6) is 0. The van der Waals surface area contributed by atoms with Crippen LogP contribution in [0.2, 0.25) is 0 Å². The third-order valence-electron chi connectivity index (χ3n) is 2.06. The molecule has 74 valence electrons. The number of hydrogen-bond acceptors (Lipinski definition) is 4. The SMILES string of the molecule is CCC(O)C(O)C(C)(N)C(O)[AsH2]. The van der Waals surface area contributed by atoms with Crippen LogP contribution in [0, 0.1) is 0 Å². The molecule has 0 aliphatic carbocycles. The van der Waals surface area contributed by atoms with E-state index in [0.717, 1.165) is 16.9 Å². The van der Waals surface area contributed by atoms with Crippen molar-refractivity contribution in [2.24, 2.45) is 5.73 Å². The Kier molecular flexibility index (Phi) is 4.74. The molecule has 0 fully saturated rings. The number of aliphatic hydroxyl groups is 3. The van der Waals surface area contributed by atoms with Crippen LogP contribution in [0.4, 0.5) is 0 Å². The van der Waals surface area contributed by atoms with Crippen molar-refractivity contribution in [1.82, 2.24) is 0 Å². The fraction of sp³-hybridized carbons (Fsp3) is 1.00. The van der Waals surface area contributed by atoms with Gasteiger partial charge in [0.15, 0.2) is 0 Å². The molecule has 0 saturated carbocycles. The predicted molar refractivity (Wildman–Crippen MR) is 49.4 cm³/mol. The molecule has 0 aromatic rings. The van der Waals surface area contributed by atoms with Crippen LogP contribution in [0.25, 0.3) is 0 Å². The van der Waals surface area contributed by atoms with Crippen molar-refractivity contribution >= 4 is 16.9 Å². The molecule has 0 bridgehead atoms. The first-order valence-corrected chi connectivity index (χ1v) is 5.32. The molecule has 5 N–H and O–H groups in total. The van der Waals surface area contributed by atoms with Crippen molar-refractivity contribution in [3.05, 3.63) is 0 Å². The molecule has 0 amide bonds. The van der Waals surface area contributed by atoms with Crippen LogP contribution >= 0.6 is 0 Å². The zero-order valence-electron chi connectivity index (χ0n) is 7.44. The number of nitrogens with two attached hydrogens (primary N) is 1. The summed E-state index contributed by atoms with van der Waals surface area (Å²) in [5.41, 5.74) is 4.51. The van der Waals surface area contributed by atoms with Gasteiger partial charge in [-0.2, -0.15) is 0 Å². The second-order valence-corrected chi connectivity index (χ2v) is 4.56. The predicted octanol–water partition coefficient (Wildman–Crippen LogP) is -2.21. The Bertz CT molecular complexity index is 141. The molecule has 0 aromatic heterocycles. The van der Waals surface area contributed by atoms with Crippen LogP contribution < -0.4 is 5.73 Å². The molecule has 0 spiro atoms. The molecular weight excluding hydrogens is 221 g/mol. The fourth-order valence-electron chi connectivity index (χ4n) is 0.813. The van der Waals surface area contributed by atoms with Gasteiger partial charge in [-0.25, -0.2) is 0 Å². The first kappa shape index (κ1) is 12.4. The maximum atomic E-state index is 9.49. The van der Waals surface area contributed by atoms with Gasteiger partial charge in [0, 0.05) is 0 Å². The van der Waals surface area contributed by atoms with Gasteiger partial charge >= 0.3 is 80.8 Å². The molecule has 0 heterocycles. The van der Waals surface area contributed by atoms with E-state index in [9.17, 15) is 15.3 Å². The van der Waals surface area contributed by atoms with E-state index in [1.54, 1.807) is 6.92 Å². The Balaban J connectivity index is 4.34. The Labute approximate surface area is 81.3 Å². The average Bonchev–Trinajstić information content (AvgIpc) is 2.01. The molecule has 0 aromatic carbocycles. The Morgan fingerprint density at radius 1 is 1.42 bits per heavy atom. The molecule has 0 aliphatic heterocycles. The van der Waals surface area contributed by atoms with Crippen molar-refractivity contribution in [3.8, 4) is 0 Å². The van der Waals surface area contributed by atoms with Crippen molar-refractivity contribution in [3.63, 3.8) is 0 Å². The number of aliphatic hydroxyl groups excluding tert-OH is 3. The van der Waals surface area contributed by atoms with Gasteiger partial charge in [0.05, 0.1) is 0 Å². The molecule has 12 heavy (non-hydrogen) atoms. The van der Waals surface area contributed by atoms with E-state index in [0.29, 0.717) is 6.42 Å². The fourth-order valence-corrected chi connectivity index (χ4v) is 1.23. The van der Waals surface area contributed by atoms with Crippen molar-refractivity contribution < 1.29 is 15.3 Å². The standard InChI is InChI=1S/C7H18AsNO3/c1-3-4(10)5(11)7(2,9)6(8)12/h4-6,10-12H,3,8-9H2,1-2H3. The van der Waals surface area contributed by atoms with Crippen LogP contribution in [-0.2, 0) is 0 Å². The molecule has 5 heteroatoms. The monoisotopic (exact) mass is 239 g/mol. The van der Waals surface area contributed by atoms with Gasteiger partial charge in [-0.15, -0.1) is 0 Å². The average molecular weight is 239 g/mol. The van der Waals surface area contributed by atoms with E-state index in [1.807, 2.05) is 0 Å². The zero-order chi connectivity index (χ0) is 9.94. The van der Waals surface area contributed by atoms with Crippen molar-refractivity contribution in [2.75, 3.05) is 0 Å². The molecule has 0 saturated heterocycles. The van der Waals surface area contributed by atoms with Gasteiger partial charge in [-0.3, -0.25) is 0 Å². The number of hydrogen-bond donors (Lipinski definition) is 4. The quantitative estimate of drug-likeness (QED) is 0.419. The summed E-state index contributed by atoms with van der Waals surface area (Å²) in [5, 5.41) is 28.0. The molecule has 4 nitrogen and oxygen atoms in total. The third-order valence-corrected chi connectivity index (χ3v) is 3.56. The maximum absolute atomic E-state index is 9.49. The summed E-state index contributed by atoms with van der Waals surface area (Å²) in [6.45, 7) is 3.28. The van der Waals surface area contributed by atoms with Gasteiger partial charge < -0.3 is 0 Å². The van der Waals surface area contributed by atoms with Gasteiger partial charge in [0.25, 0.3) is 0 Å². The summed E-state index contributed by atoms with van der Waals surface area (Å²) < 4.78 is 0. The van der Waals surface area contributed by atoms with Crippen LogP contribution in [-0.4, -0.2) is 54.8 Å². The minimum absolute atomic E-state index is 0.424. The summed E-state index contributed by atoms with van der Waals surface area (Å²) in [6, 6.07) is 0. The van der Waals surface area contributed by atoms with Crippen molar-refractivity contribution in [1.29, 1.82) is 0 Å². The van der Waals surface area contributed by atoms with Crippen LogP contribution in [0.1, 0.15) is 20.3 Å². The van der Waals surface area contributed by atoms with Crippen LogP contribution in [0.15, 0.2) is 0 Å². The van der Waals surface area contributed by atoms with Gasteiger partial charge in [0.1, 0.15) is 0 Å². The van der Waals surface area contributed by atoms with Crippen molar-refractivity contribution in [2.45, 2.75) is 42.9 Å². The van der Waals surface area contributed by atoms with E-state index in [2.05, 4.69) is 0 Å². The first-order valence-electron chi connectivity index (χ1n) is 3.92. The van der Waals surface area contributed by atoms with E-state index in [1.165, 1.54) is 6.92 Å². The topological polar surface area (TPSA) is 86.7 Å².